The predicted molar refractivity (Wildman–Crippen MR) is 70.5 cm³/mol. The van der Waals surface area contributed by atoms with Crippen LogP contribution in [0.3, 0.4) is 0 Å². The molecule has 2 aromatic rings. The first kappa shape index (κ1) is 12.3. The molecule has 1 heterocycles. The minimum atomic E-state index is -0.306. The lowest BCUT2D eigenvalue weighted by molar-refractivity contribution is 0.632. The van der Waals surface area contributed by atoms with Crippen molar-refractivity contribution in [3.8, 4) is 0 Å². The van der Waals surface area contributed by atoms with Gasteiger partial charge >= 0.3 is 0 Å². The van der Waals surface area contributed by atoms with Gasteiger partial charge in [0.15, 0.2) is 0 Å². The third-order valence-corrected chi connectivity index (χ3v) is 2.36. The van der Waals surface area contributed by atoms with Gasteiger partial charge in [0.1, 0.15) is 23.8 Å². The Hall–Kier alpha value is -2.17. The van der Waals surface area contributed by atoms with Crippen molar-refractivity contribution < 1.29 is 4.39 Å². The molecule has 0 aliphatic rings. The Bertz CT molecular complexity index is 516. The van der Waals surface area contributed by atoms with E-state index in [0.717, 1.165) is 18.8 Å². The van der Waals surface area contributed by atoms with Gasteiger partial charge in [0.05, 0.1) is 5.69 Å². The van der Waals surface area contributed by atoms with Crippen molar-refractivity contribution >= 4 is 17.3 Å². The smallest absolute Gasteiger partial charge is 0.146 e. The largest absolute Gasteiger partial charge is 0.370 e. The summed E-state index contributed by atoms with van der Waals surface area (Å²) in [5.74, 6) is 0.985. The normalized spacial score (nSPS) is 10.1. The SMILES string of the molecule is CCCNc1cc(Nc2ccccc2F)ncn1. The van der Waals surface area contributed by atoms with Crippen molar-refractivity contribution in [1.29, 1.82) is 0 Å². The van der Waals surface area contributed by atoms with Gasteiger partial charge in [-0.05, 0) is 18.6 Å². The van der Waals surface area contributed by atoms with Gasteiger partial charge in [0.2, 0.25) is 0 Å². The molecular formula is C13H15FN4. The summed E-state index contributed by atoms with van der Waals surface area (Å²) in [7, 11) is 0. The van der Waals surface area contributed by atoms with E-state index in [-0.39, 0.29) is 5.82 Å². The van der Waals surface area contributed by atoms with E-state index in [1.165, 1.54) is 12.4 Å². The van der Waals surface area contributed by atoms with Crippen LogP contribution in [0.15, 0.2) is 36.7 Å². The van der Waals surface area contributed by atoms with Gasteiger partial charge in [-0.15, -0.1) is 0 Å². The molecule has 94 valence electrons. The lowest BCUT2D eigenvalue weighted by Crippen LogP contribution is -2.03. The van der Waals surface area contributed by atoms with E-state index < -0.39 is 0 Å². The fourth-order valence-electron chi connectivity index (χ4n) is 1.48. The Morgan fingerprint density at radius 3 is 2.72 bits per heavy atom. The van der Waals surface area contributed by atoms with E-state index >= 15 is 0 Å². The van der Waals surface area contributed by atoms with Crippen LogP contribution in [0.25, 0.3) is 0 Å². The first-order valence-corrected chi connectivity index (χ1v) is 5.87. The fourth-order valence-corrected chi connectivity index (χ4v) is 1.48. The number of para-hydroxylation sites is 1. The molecule has 0 bridgehead atoms. The number of nitrogens with zero attached hydrogens (tertiary/aromatic N) is 2. The molecule has 1 aromatic heterocycles. The van der Waals surface area contributed by atoms with Gasteiger partial charge in [-0.1, -0.05) is 19.1 Å². The Morgan fingerprint density at radius 2 is 1.94 bits per heavy atom. The Morgan fingerprint density at radius 1 is 1.17 bits per heavy atom. The Balaban J connectivity index is 2.12. The molecule has 0 amide bonds. The highest BCUT2D eigenvalue weighted by Gasteiger charge is 2.02. The van der Waals surface area contributed by atoms with Gasteiger partial charge in [-0.3, -0.25) is 0 Å². The van der Waals surface area contributed by atoms with E-state index in [1.807, 2.05) is 0 Å². The minimum Gasteiger partial charge on any atom is -0.370 e. The summed E-state index contributed by atoms with van der Waals surface area (Å²) in [4.78, 5) is 8.14. The second kappa shape index (κ2) is 5.95. The third-order valence-electron chi connectivity index (χ3n) is 2.36. The van der Waals surface area contributed by atoms with E-state index in [9.17, 15) is 4.39 Å². The second-order valence-electron chi connectivity index (χ2n) is 3.82. The summed E-state index contributed by atoms with van der Waals surface area (Å²) in [6.07, 6.45) is 2.46. The van der Waals surface area contributed by atoms with Crippen LogP contribution >= 0.6 is 0 Å². The number of benzene rings is 1. The first-order chi connectivity index (χ1) is 8.79. The molecular weight excluding hydrogens is 231 g/mol. The van der Waals surface area contributed by atoms with Crippen LogP contribution < -0.4 is 10.6 Å². The number of anilines is 3. The van der Waals surface area contributed by atoms with Crippen LogP contribution in [0, 0.1) is 5.82 Å². The molecule has 0 aliphatic heterocycles. The van der Waals surface area contributed by atoms with Crippen LogP contribution in [0.2, 0.25) is 0 Å². The number of rotatable bonds is 5. The number of aromatic nitrogens is 2. The van der Waals surface area contributed by atoms with Crippen LogP contribution in [-0.2, 0) is 0 Å². The van der Waals surface area contributed by atoms with Gasteiger partial charge in [-0.2, -0.15) is 0 Å². The molecule has 4 nitrogen and oxygen atoms in total. The fraction of sp³-hybridized carbons (Fsp3) is 0.231. The third kappa shape index (κ3) is 3.16. The number of hydrogen-bond donors (Lipinski definition) is 2. The number of nitrogens with one attached hydrogen (secondary N) is 2. The van der Waals surface area contributed by atoms with E-state index in [2.05, 4.69) is 27.5 Å². The van der Waals surface area contributed by atoms with Crippen molar-refractivity contribution in [1.82, 2.24) is 9.97 Å². The van der Waals surface area contributed by atoms with Crippen LogP contribution in [0.5, 0.6) is 0 Å². The van der Waals surface area contributed by atoms with Crippen LogP contribution in [0.4, 0.5) is 21.7 Å². The molecule has 2 rings (SSSR count). The highest BCUT2D eigenvalue weighted by Crippen LogP contribution is 2.18. The first-order valence-electron chi connectivity index (χ1n) is 5.87. The maximum Gasteiger partial charge on any atom is 0.146 e. The second-order valence-corrected chi connectivity index (χ2v) is 3.82. The van der Waals surface area contributed by atoms with Gasteiger partial charge < -0.3 is 10.6 Å². The molecule has 0 unspecified atom stereocenters. The van der Waals surface area contributed by atoms with Gasteiger partial charge in [0.25, 0.3) is 0 Å². The minimum absolute atomic E-state index is 0.306. The standard InChI is InChI=1S/C13H15FN4/c1-2-7-15-12-8-13(17-9-16-12)18-11-6-4-3-5-10(11)14/h3-6,8-9H,2,7H2,1H3,(H2,15,16,17,18). The lowest BCUT2D eigenvalue weighted by atomic mass is 10.3. The Labute approximate surface area is 105 Å². The molecule has 18 heavy (non-hydrogen) atoms. The molecule has 0 aliphatic carbocycles. The maximum atomic E-state index is 13.5. The predicted octanol–water partition coefficient (Wildman–Crippen LogP) is 3.18. The molecule has 0 fully saturated rings. The molecule has 0 atom stereocenters. The molecule has 0 radical (unpaired) electrons. The summed E-state index contributed by atoms with van der Waals surface area (Å²) < 4.78 is 13.5. The van der Waals surface area contributed by atoms with Crippen molar-refractivity contribution in [3.63, 3.8) is 0 Å². The van der Waals surface area contributed by atoms with Crippen LogP contribution in [0.1, 0.15) is 13.3 Å². The van der Waals surface area contributed by atoms with Crippen molar-refractivity contribution in [2.45, 2.75) is 13.3 Å². The number of halogens is 1. The highest BCUT2D eigenvalue weighted by atomic mass is 19.1. The monoisotopic (exact) mass is 246 g/mol. The summed E-state index contributed by atoms with van der Waals surface area (Å²) >= 11 is 0. The van der Waals surface area contributed by atoms with Crippen molar-refractivity contribution in [2.75, 3.05) is 17.2 Å². The van der Waals surface area contributed by atoms with Crippen molar-refractivity contribution in [2.24, 2.45) is 0 Å². The zero-order chi connectivity index (χ0) is 12.8. The molecule has 5 heteroatoms. The summed E-state index contributed by atoms with van der Waals surface area (Å²) in [6.45, 7) is 2.92. The molecule has 0 saturated carbocycles. The summed E-state index contributed by atoms with van der Waals surface area (Å²) in [5.41, 5.74) is 0.401. The zero-order valence-electron chi connectivity index (χ0n) is 10.2. The number of hydrogen-bond acceptors (Lipinski definition) is 4. The zero-order valence-corrected chi connectivity index (χ0v) is 10.2. The van der Waals surface area contributed by atoms with Gasteiger partial charge in [0, 0.05) is 12.6 Å². The average molecular weight is 246 g/mol. The quantitative estimate of drug-likeness (QED) is 0.850. The van der Waals surface area contributed by atoms with E-state index in [1.54, 1.807) is 24.3 Å². The highest BCUT2D eigenvalue weighted by molar-refractivity contribution is 5.59. The maximum absolute atomic E-state index is 13.5. The van der Waals surface area contributed by atoms with Crippen LogP contribution in [-0.4, -0.2) is 16.5 Å². The summed E-state index contributed by atoms with van der Waals surface area (Å²) in [6, 6.07) is 8.23. The van der Waals surface area contributed by atoms with E-state index in [0.29, 0.717) is 11.5 Å². The van der Waals surface area contributed by atoms with Crippen molar-refractivity contribution in [3.05, 3.63) is 42.5 Å². The lowest BCUT2D eigenvalue weighted by Gasteiger charge is -2.08. The molecule has 2 N–H and O–H groups in total. The topological polar surface area (TPSA) is 49.8 Å². The summed E-state index contributed by atoms with van der Waals surface area (Å²) in [5, 5.41) is 6.07. The Kier molecular flexibility index (Phi) is 4.06. The molecule has 0 spiro atoms. The molecule has 0 saturated heterocycles. The molecule has 1 aromatic carbocycles. The van der Waals surface area contributed by atoms with E-state index in [4.69, 9.17) is 0 Å². The average Bonchev–Trinajstić information content (AvgIpc) is 2.40. The van der Waals surface area contributed by atoms with Gasteiger partial charge in [-0.25, -0.2) is 14.4 Å².